The van der Waals surface area contributed by atoms with E-state index < -0.39 is 5.82 Å². The van der Waals surface area contributed by atoms with Gasteiger partial charge in [-0.15, -0.1) is 0 Å². The van der Waals surface area contributed by atoms with Crippen molar-refractivity contribution < 1.29 is 14.0 Å². The molecule has 8 heteroatoms. The Morgan fingerprint density at radius 1 is 1.10 bits per heavy atom. The maximum Gasteiger partial charge on any atom is 0.257 e. The topological polar surface area (TPSA) is 78.4 Å². The molecular weight excluding hydrogens is 397 g/mol. The smallest absolute Gasteiger partial charge is 0.257 e. The molecule has 1 N–H and O–H groups in total. The van der Waals surface area contributed by atoms with Crippen LogP contribution in [0.4, 0.5) is 4.39 Å². The Morgan fingerprint density at radius 3 is 2.42 bits per heavy atom. The number of aromatic nitrogens is 2. The molecule has 2 aliphatic heterocycles. The number of aryl methyl sites for hydroxylation is 2. The molecular formula is C23H28FN5O2. The van der Waals surface area contributed by atoms with Gasteiger partial charge in [0.1, 0.15) is 12.1 Å². The minimum Gasteiger partial charge on any atom is -0.352 e. The largest absolute Gasteiger partial charge is 0.352 e. The molecule has 31 heavy (non-hydrogen) atoms. The van der Waals surface area contributed by atoms with Crippen LogP contribution in [0.2, 0.25) is 0 Å². The summed E-state index contributed by atoms with van der Waals surface area (Å²) in [6.45, 7) is 8.63. The van der Waals surface area contributed by atoms with Gasteiger partial charge in [-0.1, -0.05) is 6.07 Å². The zero-order valence-electron chi connectivity index (χ0n) is 18.0. The Labute approximate surface area is 181 Å². The van der Waals surface area contributed by atoms with Crippen molar-refractivity contribution in [1.29, 1.82) is 0 Å². The van der Waals surface area contributed by atoms with Crippen LogP contribution in [-0.4, -0.2) is 70.9 Å². The number of rotatable bonds is 6. The second kappa shape index (κ2) is 9.09. The number of halogens is 1. The van der Waals surface area contributed by atoms with E-state index in [1.165, 1.54) is 24.5 Å². The minimum absolute atomic E-state index is 0.0385. The normalized spacial score (nSPS) is 20.7. The highest BCUT2D eigenvalue weighted by Crippen LogP contribution is 2.32. The molecule has 1 aromatic heterocycles. The molecule has 0 spiro atoms. The van der Waals surface area contributed by atoms with E-state index in [1.807, 2.05) is 18.7 Å². The lowest BCUT2D eigenvalue weighted by Gasteiger charge is -2.22. The van der Waals surface area contributed by atoms with Crippen molar-refractivity contribution >= 4 is 11.8 Å². The predicted octanol–water partition coefficient (Wildman–Crippen LogP) is 2.06. The van der Waals surface area contributed by atoms with E-state index >= 15 is 0 Å². The fourth-order valence-corrected chi connectivity index (χ4v) is 4.74. The monoisotopic (exact) mass is 425 g/mol. The summed E-state index contributed by atoms with van der Waals surface area (Å²) in [7, 11) is 0. The molecule has 0 aliphatic carbocycles. The van der Waals surface area contributed by atoms with E-state index in [1.54, 1.807) is 6.07 Å². The summed E-state index contributed by atoms with van der Waals surface area (Å²) in [4.78, 5) is 37.8. The first-order valence-electron chi connectivity index (χ1n) is 10.8. The standard InChI is InChI=1S/C23H28FN5O2/c1-15-21(16(2)27-14-26-15)23(31)29-12-18-10-28(11-19(18)13-29)8-4-7-25-22(30)17-5-3-6-20(24)9-17/h3,5-6,9,14,18-19H,4,7-8,10-13H2,1-2H3,(H,25,30). The van der Waals surface area contributed by atoms with Gasteiger partial charge in [0.15, 0.2) is 0 Å². The third-order valence-electron chi connectivity index (χ3n) is 6.31. The van der Waals surface area contributed by atoms with E-state index in [2.05, 4.69) is 20.2 Å². The summed E-state index contributed by atoms with van der Waals surface area (Å²) in [5.41, 5.74) is 2.44. The quantitative estimate of drug-likeness (QED) is 0.717. The molecule has 0 saturated carbocycles. The second-order valence-electron chi connectivity index (χ2n) is 8.53. The molecule has 0 bridgehead atoms. The predicted molar refractivity (Wildman–Crippen MR) is 114 cm³/mol. The van der Waals surface area contributed by atoms with Crippen molar-refractivity contribution in [2.24, 2.45) is 11.8 Å². The Kier molecular flexibility index (Phi) is 6.27. The number of fused-ring (bicyclic) bond motifs is 1. The maximum atomic E-state index is 13.2. The SMILES string of the molecule is Cc1ncnc(C)c1C(=O)N1CC2CN(CCCNC(=O)c3cccc(F)c3)CC2C1. The van der Waals surface area contributed by atoms with Crippen LogP contribution in [-0.2, 0) is 0 Å². The lowest BCUT2D eigenvalue weighted by Crippen LogP contribution is -2.35. The highest BCUT2D eigenvalue weighted by atomic mass is 19.1. The van der Waals surface area contributed by atoms with Crippen LogP contribution in [0.15, 0.2) is 30.6 Å². The van der Waals surface area contributed by atoms with Gasteiger partial charge in [0.05, 0.1) is 17.0 Å². The fraction of sp³-hybridized carbons (Fsp3) is 0.478. The zero-order valence-corrected chi connectivity index (χ0v) is 18.0. The highest BCUT2D eigenvalue weighted by Gasteiger charge is 2.41. The number of nitrogens with one attached hydrogen (secondary N) is 1. The first kappa shape index (κ1) is 21.4. The lowest BCUT2D eigenvalue weighted by molar-refractivity contribution is 0.0771. The summed E-state index contributed by atoms with van der Waals surface area (Å²) >= 11 is 0. The molecule has 2 atom stereocenters. The molecule has 1 aromatic carbocycles. The number of hydrogen-bond acceptors (Lipinski definition) is 5. The molecule has 4 rings (SSSR count). The first-order chi connectivity index (χ1) is 14.9. The van der Waals surface area contributed by atoms with Crippen LogP contribution in [0.5, 0.6) is 0 Å². The van der Waals surface area contributed by atoms with Crippen molar-refractivity contribution in [1.82, 2.24) is 25.1 Å². The van der Waals surface area contributed by atoms with Crippen LogP contribution in [0.25, 0.3) is 0 Å². The third-order valence-corrected chi connectivity index (χ3v) is 6.31. The Balaban J connectivity index is 1.21. The zero-order chi connectivity index (χ0) is 22.0. The minimum atomic E-state index is -0.408. The van der Waals surface area contributed by atoms with Crippen LogP contribution in [0.3, 0.4) is 0 Å². The number of amides is 2. The highest BCUT2D eigenvalue weighted by molar-refractivity contribution is 5.96. The molecule has 3 heterocycles. The van der Waals surface area contributed by atoms with Gasteiger partial charge in [0, 0.05) is 38.3 Å². The summed E-state index contributed by atoms with van der Waals surface area (Å²) in [5, 5.41) is 2.85. The van der Waals surface area contributed by atoms with Gasteiger partial charge in [-0.05, 0) is 56.8 Å². The van der Waals surface area contributed by atoms with Crippen molar-refractivity contribution in [2.75, 3.05) is 39.3 Å². The van der Waals surface area contributed by atoms with Gasteiger partial charge in [-0.3, -0.25) is 9.59 Å². The molecule has 2 fully saturated rings. The molecule has 7 nitrogen and oxygen atoms in total. The van der Waals surface area contributed by atoms with Crippen LogP contribution in [0, 0.1) is 31.5 Å². The van der Waals surface area contributed by atoms with Gasteiger partial charge < -0.3 is 15.1 Å². The average Bonchev–Trinajstić information content (AvgIpc) is 3.29. The van der Waals surface area contributed by atoms with Crippen molar-refractivity contribution in [2.45, 2.75) is 20.3 Å². The van der Waals surface area contributed by atoms with Gasteiger partial charge in [0.25, 0.3) is 11.8 Å². The summed E-state index contributed by atoms with van der Waals surface area (Å²) < 4.78 is 13.2. The van der Waals surface area contributed by atoms with Crippen molar-refractivity contribution in [3.63, 3.8) is 0 Å². The third kappa shape index (κ3) is 4.74. The van der Waals surface area contributed by atoms with E-state index in [0.29, 0.717) is 29.5 Å². The number of carbonyl (C=O) groups is 2. The molecule has 0 radical (unpaired) electrons. The van der Waals surface area contributed by atoms with E-state index in [9.17, 15) is 14.0 Å². The van der Waals surface area contributed by atoms with Crippen LogP contribution in [0.1, 0.15) is 38.5 Å². The van der Waals surface area contributed by atoms with E-state index in [4.69, 9.17) is 0 Å². The van der Waals surface area contributed by atoms with Gasteiger partial charge >= 0.3 is 0 Å². The van der Waals surface area contributed by atoms with Crippen LogP contribution >= 0.6 is 0 Å². The number of carbonyl (C=O) groups excluding carboxylic acids is 2. The molecule has 2 saturated heterocycles. The Morgan fingerprint density at radius 2 is 1.77 bits per heavy atom. The lowest BCUT2D eigenvalue weighted by atomic mass is 10.0. The van der Waals surface area contributed by atoms with Gasteiger partial charge in [0.2, 0.25) is 0 Å². The fourth-order valence-electron chi connectivity index (χ4n) is 4.74. The number of likely N-dealkylation sites (tertiary alicyclic amines) is 2. The van der Waals surface area contributed by atoms with Gasteiger partial charge in [-0.25, -0.2) is 14.4 Å². The summed E-state index contributed by atoms with van der Waals surface area (Å²) in [5.74, 6) is 0.347. The average molecular weight is 426 g/mol. The first-order valence-corrected chi connectivity index (χ1v) is 10.8. The molecule has 2 amide bonds. The van der Waals surface area contributed by atoms with Crippen molar-refractivity contribution in [3.8, 4) is 0 Å². The summed E-state index contributed by atoms with van der Waals surface area (Å²) in [6.07, 6.45) is 2.33. The molecule has 164 valence electrons. The Bertz CT molecular complexity index is 948. The molecule has 2 aromatic rings. The number of hydrogen-bond donors (Lipinski definition) is 1. The van der Waals surface area contributed by atoms with Gasteiger partial charge in [-0.2, -0.15) is 0 Å². The van der Waals surface area contributed by atoms with E-state index in [0.717, 1.165) is 50.5 Å². The summed E-state index contributed by atoms with van der Waals surface area (Å²) in [6, 6.07) is 5.71. The maximum absolute atomic E-state index is 13.2. The Hall–Kier alpha value is -2.87. The number of benzene rings is 1. The van der Waals surface area contributed by atoms with Crippen LogP contribution < -0.4 is 5.32 Å². The molecule has 2 aliphatic rings. The van der Waals surface area contributed by atoms with Crippen molar-refractivity contribution in [3.05, 3.63) is 58.9 Å². The van der Waals surface area contributed by atoms with E-state index in [-0.39, 0.29) is 11.8 Å². The second-order valence-corrected chi connectivity index (χ2v) is 8.53. The molecule has 2 unspecified atom stereocenters. The number of nitrogens with zero attached hydrogens (tertiary/aromatic N) is 4.